The number of carbonyl (C=O) groups is 1. The molecule has 1 heterocycles. The molecule has 1 unspecified atom stereocenters. The lowest BCUT2D eigenvalue weighted by Crippen LogP contribution is -2.28. The molecular weight excluding hydrogens is 412 g/mol. The van der Waals surface area contributed by atoms with Gasteiger partial charge in [-0.15, -0.1) is 11.3 Å². The number of allylic oxidation sites excluding steroid dienone is 3. The SMILES string of the molecule is O=C(O)CCC/C=C\CC1(/C=C(/O)CCCc2cc3ccccc3s2)C[C@@H](O)C[C@H]1O. The van der Waals surface area contributed by atoms with Crippen molar-refractivity contribution in [1.82, 2.24) is 0 Å². The van der Waals surface area contributed by atoms with E-state index >= 15 is 0 Å². The second-order valence-electron chi connectivity index (χ2n) is 8.54. The first-order valence-corrected chi connectivity index (χ1v) is 11.8. The number of benzene rings is 1. The van der Waals surface area contributed by atoms with Crippen LogP contribution < -0.4 is 0 Å². The third-order valence-corrected chi connectivity index (χ3v) is 7.16. The van der Waals surface area contributed by atoms with E-state index in [4.69, 9.17) is 5.11 Å². The summed E-state index contributed by atoms with van der Waals surface area (Å²) in [5.74, 6) is -0.545. The third-order valence-electron chi connectivity index (χ3n) is 5.99. The molecule has 1 aromatic heterocycles. The Morgan fingerprint density at radius 3 is 2.65 bits per heavy atom. The molecule has 0 spiro atoms. The Kier molecular flexibility index (Phi) is 8.29. The van der Waals surface area contributed by atoms with Crippen LogP contribution in [0, 0.1) is 5.41 Å². The molecule has 1 saturated carbocycles. The zero-order valence-electron chi connectivity index (χ0n) is 17.7. The fourth-order valence-electron chi connectivity index (χ4n) is 4.38. The Morgan fingerprint density at radius 1 is 1.13 bits per heavy atom. The lowest BCUT2D eigenvalue weighted by molar-refractivity contribution is -0.137. The van der Waals surface area contributed by atoms with Crippen molar-refractivity contribution < 1.29 is 25.2 Å². The highest BCUT2D eigenvalue weighted by Gasteiger charge is 2.44. The van der Waals surface area contributed by atoms with E-state index in [1.54, 1.807) is 17.4 Å². The maximum absolute atomic E-state index is 10.6. The van der Waals surface area contributed by atoms with Crippen molar-refractivity contribution in [2.24, 2.45) is 5.41 Å². The van der Waals surface area contributed by atoms with Gasteiger partial charge in [0.2, 0.25) is 0 Å². The van der Waals surface area contributed by atoms with Crippen molar-refractivity contribution >= 4 is 27.4 Å². The number of hydrogen-bond acceptors (Lipinski definition) is 5. The molecule has 0 bridgehead atoms. The maximum Gasteiger partial charge on any atom is 0.303 e. The van der Waals surface area contributed by atoms with E-state index in [1.807, 2.05) is 24.3 Å². The normalized spacial score (nSPS) is 24.4. The van der Waals surface area contributed by atoms with Crippen LogP contribution in [0.5, 0.6) is 0 Å². The summed E-state index contributed by atoms with van der Waals surface area (Å²) in [6.45, 7) is 0. The number of carboxylic acid groups (broad SMARTS) is 1. The van der Waals surface area contributed by atoms with Gasteiger partial charge in [0, 0.05) is 34.3 Å². The second kappa shape index (κ2) is 10.9. The first-order chi connectivity index (χ1) is 14.9. The molecule has 6 heteroatoms. The number of unbranched alkanes of at least 4 members (excludes halogenated alkanes) is 1. The predicted molar refractivity (Wildman–Crippen MR) is 124 cm³/mol. The summed E-state index contributed by atoms with van der Waals surface area (Å²) in [7, 11) is 0. The molecule has 3 rings (SSSR count). The van der Waals surface area contributed by atoms with Crippen LogP contribution in [0.2, 0.25) is 0 Å². The number of aliphatic hydroxyl groups excluding tert-OH is 3. The van der Waals surface area contributed by atoms with Crippen LogP contribution in [0.15, 0.2) is 54.3 Å². The van der Waals surface area contributed by atoms with Crippen LogP contribution in [0.3, 0.4) is 0 Å². The molecule has 1 aromatic carbocycles. The van der Waals surface area contributed by atoms with Crippen LogP contribution in [-0.4, -0.2) is 38.6 Å². The van der Waals surface area contributed by atoms with Gasteiger partial charge in [-0.2, -0.15) is 0 Å². The summed E-state index contributed by atoms with van der Waals surface area (Å²) in [6, 6.07) is 10.5. The Hall–Kier alpha value is -2.15. The van der Waals surface area contributed by atoms with Crippen molar-refractivity contribution in [3.8, 4) is 0 Å². The smallest absolute Gasteiger partial charge is 0.303 e. The number of hydrogen-bond donors (Lipinski definition) is 4. The second-order valence-corrected chi connectivity index (χ2v) is 9.71. The molecule has 0 amide bonds. The van der Waals surface area contributed by atoms with Crippen molar-refractivity contribution in [3.63, 3.8) is 0 Å². The summed E-state index contributed by atoms with van der Waals surface area (Å²) < 4.78 is 1.27. The van der Waals surface area contributed by atoms with E-state index in [0.29, 0.717) is 38.5 Å². The van der Waals surface area contributed by atoms with Gasteiger partial charge in [-0.05, 0) is 62.1 Å². The number of aliphatic carboxylic acids is 1. The van der Waals surface area contributed by atoms with Gasteiger partial charge in [0.15, 0.2) is 0 Å². The van der Waals surface area contributed by atoms with Gasteiger partial charge in [-0.1, -0.05) is 30.4 Å². The number of aliphatic hydroxyl groups is 3. The van der Waals surface area contributed by atoms with Gasteiger partial charge in [0.25, 0.3) is 0 Å². The molecule has 2 aromatic rings. The van der Waals surface area contributed by atoms with E-state index in [2.05, 4.69) is 18.2 Å². The van der Waals surface area contributed by atoms with Gasteiger partial charge >= 0.3 is 5.97 Å². The molecule has 5 nitrogen and oxygen atoms in total. The summed E-state index contributed by atoms with van der Waals surface area (Å²) in [4.78, 5) is 11.9. The van der Waals surface area contributed by atoms with Gasteiger partial charge < -0.3 is 20.4 Å². The standard InChI is InChI=1S/C25H32O5S/c26-19(9-7-10-21-14-18-8-4-5-11-22(18)31-21)16-25(17-20(27)15-23(25)28)13-6-2-1-3-12-24(29)30/h2,4-6,8,11,14,16,20,23,26-28H,1,3,7,9-10,12-13,15,17H2,(H,29,30)/b6-2-,19-16+/t20-,23+,25?/m0/s1. The molecule has 1 aliphatic rings. The van der Waals surface area contributed by atoms with E-state index in [9.17, 15) is 20.1 Å². The van der Waals surface area contributed by atoms with E-state index < -0.39 is 23.6 Å². The quantitative estimate of drug-likeness (QED) is 0.212. The van der Waals surface area contributed by atoms with Crippen LogP contribution in [0.4, 0.5) is 0 Å². The minimum absolute atomic E-state index is 0.136. The molecule has 0 aliphatic heterocycles. The Bertz CT molecular complexity index is 898. The molecule has 1 aliphatic carbocycles. The molecule has 0 radical (unpaired) electrons. The number of fused-ring (bicyclic) bond motifs is 1. The topological polar surface area (TPSA) is 98.0 Å². The zero-order valence-corrected chi connectivity index (χ0v) is 18.6. The minimum atomic E-state index is -0.803. The molecule has 0 saturated heterocycles. The number of aryl methyl sites for hydroxylation is 1. The Labute approximate surface area is 187 Å². The highest BCUT2D eigenvalue weighted by molar-refractivity contribution is 7.19. The minimum Gasteiger partial charge on any atom is -0.513 e. The van der Waals surface area contributed by atoms with Gasteiger partial charge in [-0.3, -0.25) is 4.79 Å². The fraction of sp³-hybridized carbons (Fsp3) is 0.480. The first kappa shape index (κ1) is 23.5. The van der Waals surface area contributed by atoms with Crippen molar-refractivity contribution in [1.29, 1.82) is 0 Å². The average Bonchev–Trinajstić information content (AvgIpc) is 3.24. The van der Waals surface area contributed by atoms with Crippen LogP contribution in [-0.2, 0) is 11.2 Å². The summed E-state index contributed by atoms with van der Waals surface area (Å²) in [5, 5.41) is 41.2. The first-order valence-electron chi connectivity index (χ1n) is 11.0. The highest BCUT2D eigenvalue weighted by atomic mass is 32.1. The number of carboxylic acids is 1. The summed E-state index contributed by atoms with van der Waals surface area (Å²) in [5.41, 5.74) is -0.676. The van der Waals surface area contributed by atoms with Crippen molar-refractivity contribution in [2.45, 2.75) is 70.0 Å². The highest BCUT2D eigenvalue weighted by Crippen LogP contribution is 2.44. The van der Waals surface area contributed by atoms with Gasteiger partial charge in [-0.25, -0.2) is 0 Å². The largest absolute Gasteiger partial charge is 0.513 e. The Balaban J connectivity index is 1.57. The van der Waals surface area contributed by atoms with Crippen molar-refractivity contribution in [3.05, 3.63) is 59.2 Å². The average molecular weight is 445 g/mol. The molecule has 3 atom stereocenters. The van der Waals surface area contributed by atoms with Crippen LogP contribution in [0.1, 0.15) is 56.2 Å². The van der Waals surface area contributed by atoms with E-state index in [-0.39, 0.29) is 12.2 Å². The number of rotatable bonds is 11. The monoisotopic (exact) mass is 444 g/mol. The molecule has 31 heavy (non-hydrogen) atoms. The van der Waals surface area contributed by atoms with Crippen molar-refractivity contribution in [2.75, 3.05) is 0 Å². The summed E-state index contributed by atoms with van der Waals surface area (Å²) in [6.07, 6.45) is 9.14. The summed E-state index contributed by atoms with van der Waals surface area (Å²) >= 11 is 1.78. The van der Waals surface area contributed by atoms with Crippen LogP contribution >= 0.6 is 11.3 Å². The van der Waals surface area contributed by atoms with Crippen LogP contribution in [0.25, 0.3) is 10.1 Å². The molecule has 1 fully saturated rings. The fourth-order valence-corrected chi connectivity index (χ4v) is 5.49. The van der Waals surface area contributed by atoms with Gasteiger partial charge in [0.1, 0.15) is 0 Å². The van der Waals surface area contributed by atoms with E-state index in [0.717, 1.165) is 12.8 Å². The number of thiophene rings is 1. The Morgan fingerprint density at radius 2 is 1.94 bits per heavy atom. The molecule has 168 valence electrons. The molecular formula is C25H32O5S. The molecule has 4 N–H and O–H groups in total. The van der Waals surface area contributed by atoms with E-state index in [1.165, 1.54) is 15.0 Å². The lowest BCUT2D eigenvalue weighted by atomic mass is 9.79. The zero-order chi connectivity index (χ0) is 22.3. The van der Waals surface area contributed by atoms with Gasteiger partial charge in [0.05, 0.1) is 18.0 Å². The predicted octanol–water partition coefficient (Wildman–Crippen LogP) is 5.37. The third kappa shape index (κ3) is 6.66. The maximum atomic E-state index is 10.6. The lowest BCUT2D eigenvalue weighted by Gasteiger charge is -2.28.